The normalized spacial score (nSPS) is 18.8. The maximum atomic E-state index is 12.3. The van der Waals surface area contributed by atoms with Gasteiger partial charge in [0.05, 0.1) is 18.2 Å². The molecule has 1 aliphatic heterocycles. The zero-order valence-corrected chi connectivity index (χ0v) is 14.3. The third kappa shape index (κ3) is 3.95. The van der Waals surface area contributed by atoms with Crippen molar-refractivity contribution in [3.8, 4) is 0 Å². The Bertz CT molecular complexity index is 652. The Morgan fingerprint density at radius 1 is 1.48 bits per heavy atom. The Kier molecular flexibility index (Phi) is 5.49. The summed E-state index contributed by atoms with van der Waals surface area (Å²) in [6.45, 7) is 6.98. The lowest BCUT2D eigenvalue weighted by Crippen LogP contribution is -2.36. The molecule has 0 amide bonds. The molecule has 0 fully saturated rings. The quantitative estimate of drug-likeness (QED) is 0.822. The molecular weight excluding hydrogens is 318 g/mol. The molecule has 0 unspecified atom stereocenters. The van der Waals surface area contributed by atoms with Gasteiger partial charge < -0.3 is 14.8 Å². The second-order valence-electron chi connectivity index (χ2n) is 4.95. The van der Waals surface area contributed by atoms with E-state index in [4.69, 9.17) is 9.47 Å². The number of aliphatic imine (C=N–C) groups is 1. The lowest BCUT2D eigenvalue weighted by molar-refractivity contribution is -0.164. The fourth-order valence-electron chi connectivity index (χ4n) is 2.15. The van der Waals surface area contributed by atoms with E-state index >= 15 is 0 Å². The maximum absolute atomic E-state index is 12.3. The number of ether oxygens (including phenoxy) is 2. The minimum atomic E-state index is -0.959. The van der Waals surface area contributed by atoms with Gasteiger partial charge in [0.1, 0.15) is 0 Å². The highest BCUT2D eigenvalue weighted by Gasteiger charge is 2.29. The number of carbonyl (C=O) groups excluding carboxylic acids is 2. The van der Waals surface area contributed by atoms with Crippen LogP contribution in [0.3, 0.4) is 0 Å². The first kappa shape index (κ1) is 17.1. The molecule has 0 aromatic carbocycles. The van der Waals surface area contributed by atoms with E-state index in [-0.39, 0.29) is 6.61 Å². The van der Waals surface area contributed by atoms with Gasteiger partial charge in [0.2, 0.25) is 0 Å². The average molecular weight is 337 g/mol. The van der Waals surface area contributed by atoms with Gasteiger partial charge in [0, 0.05) is 17.3 Å². The molecule has 0 radical (unpaired) electrons. The molecule has 23 heavy (non-hydrogen) atoms. The van der Waals surface area contributed by atoms with Crippen LogP contribution in [-0.2, 0) is 19.1 Å². The van der Waals surface area contributed by atoms with Crippen LogP contribution in [-0.4, -0.2) is 41.5 Å². The molecule has 0 saturated heterocycles. The van der Waals surface area contributed by atoms with Gasteiger partial charge in [-0.15, -0.1) is 11.3 Å². The molecule has 7 nitrogen and oxygen atoms in total. The summed E-state index contributed by atoms with van der Waals surface area (Å²) >= 11 is 1.46. The monoisotopic (exact) mass is 337 g/mol. The van der Waals surface area contributed by atoms with E-state index in [2.05, 4.69) is 15.3 Å². The largest absolute Gasteiger partial charge is 0.463 e. The predicted octanol–water partition coefficient (Wildman–Crippen LogP) is 1.65. The first-order valence-electron chi connectivity index (χ1n) is 7.27. The average Bonchev–Trinajstić information content (AvgIpc) is 3.00. The van der Waals surface area contributed by atoms with Crippen molar-refractivity contribution in [2.75, 3.05) is 6.61 Å². The third-order valence-corrected chi connectivity index (χ3v) is 3.99. The Labute approximate surface area is 138 Å². The number of allylic oxidation sites excluding steroid dienone is 1. The Morgan fingerprint density at radius 3 is 2.78 bits per heavy atom. The number of esters is 2. The number of hydrogen-bond acceptors (Lipinski definition) is 8. The zero-order chi connectivity index (χ0) is 17.0. The highest BCUT2D eigenvalue weighted by atomic mass is 32.1. The minimum absolute atomic E-state index is 0.238. The smallest absolute Gasteiger partial charge is 0.347 e. The van der Waals surface area contributed by atoms with Crippen molar-refractivity contribution >= 4 is 29.1 Å². The number of carbonyl (C=O) groups is 2. The zero-order valence-electron chi connectivity index (χ0n) is 13.5. The topological polar surface area (TPSA) is 89.9 Å². The van der Waals surface area contributed by atoms with E-state index < -0.39 is 24.1 Å². The van der Waals surface area contributed by atoms with Crippen molar-refractivity contribution in [2.45, 2.75) is 39.8 Å². The van der Waals surface area contributed by atoms with E-state index in [1.54, 1.807) is 27.0 Å². The van der Waals surface area contributed by atoms with Gasteiger partial charge in [-0.1, -0.05) is 0 Å². The van der Waals surface area contributed by atoms with Crippen molar-refractivity contribution in [3.05, 3.63) is 27.9 Å². The Balaban J connectivity index is 2.09. The molecule has 124 valence electrons. The van der Waals surface area contributed by atoms with Gasteiger partial charge in [0.25, 0.3) is 0 Å². The van der Waals surface area contributed by atoms with Crippen molar-refractivity contribution in [1.29, 1.82) is 0 Å². The van der Waals surface area contributed by atoms with E-state index in [1.165, 1.54) is 18.3 Å². The summed E-state index contributed by atoms with van der Waals surface area (Å²) in [7, 11) is 0. The summed E-state index contributed by atoms with van der Waals surface area (Å²) in [5.41, 5.74) is 1.03. The van der Waals surface area contributed by atoms with Gasteiger partial charge >= 0.3 is 11.9 Å². The van der Waals surface area contributed by atoms with Crippen LogP contribution in [0.5, 0.6) is 0 Å². The van der Waals surface area contributed by atoms with Crippen LogP contribution in [0.1, 0.15) is 32.7 Å². The molecule has 1 N–H and O–H groups in total. The molecule has 1 aromatic heterocycles. The van der Waals surface area contributed by atoms with Crippen molar-refractivity contribution in [2.24, 2.45) is 4.99 Å². The summed E-state index contributed by atoms with van der Waals surface area (Å²) in [5, 5.41) is 5.68. The van der Waals surface area contributed by atoms with Crippen LogP contribution in [0.4, 0.5) is 0 Å². The van der Waals surface area contributed by atoms with Crippen molar-refractivity contribution in [1.82, 2.24) is 10.3 Å². The van der Waals surface area contributed by atoms with Gasteiger partial charge in [-0.25, -0.2) is 14.6 Å². The lowest BCUT2D eigenvalue weighted by Gasteiger charge is -2.23. The molecule has 1 aliphatic rings. The number of amidine groups is 1. The molecule has 0 spiro atoms. The van der Waals surface area contributed by atoms with Crippen LogP contribution in [0.2, 0.25) is 0 Å². The number of thiazole rings is 1. The lowest BCUT2D eigenvalue weighted by atomic mass is 10.1. The summed E-state index contributed by atoms with van der Waals surface area (Å²) in [6.07, 6.45) is 0.734. The summed E-state index contributed by atoms with van der Waals surface area (Å²) in [4.78, 5) is 32.5. The van der Waals surface area contributed by atoms with Crippen LogP contribution >= 0.6 is 11.3 Å². The first-order valence-corrected chi connectivity index (χ1v) is 8.15. The SMILES string of the molecule is CCOC(=O)[C@@H](C)OC(=O)C1=C(C)NC(c2nccs2)=N[C@H]1C. The molecule has 1 aromatic rings. The van der Waals surface area contributed by atoms with Gasteiger partial charge in [-0.2, -0.15) is 0 Å². The Morgan fingerprint density at radius 2 is 2.22 bits per heavy atom. The molecule has 8 heteroatoms. The number of aromatic nitrogens is 1. The second kappa shape index (κ2) is 7.36. The van der Waals surface area contributed by atoms with Crippen molar-refractivity contribution in [3.63, 3.8) is 0 Å². The third-order valence-electron chi connectivity index (χ3n) is 3.21. The van der Waals surface area contributed by atoms with Gasteiger partial charge in [-0.3, -0.25) is 4.99 Å². The summed E-state index contributed by atoms with van der Waals surface area (Å²) in [6, 6.07) is -0.392. The summed E-state index contributed by atoms with van der Waals surface area (Å²) in [5.74, 6) is -0.521. The van der Waals surface area contributed by atoms with Crippen LogP contribution in [0.25, 0.3) is 0 Å². The van der Waals surface area contributed by atoms with Crippen LogP contribution in [0.15, 0.2) is 27.8 Å². The highest BCUT2D eigenvalue weighted by molar-refractivity contribution is 7.11. The van der Waals surface area contributed by atoms with Crippen LogP contribution in [0, 0.1) is 0 Å². The molecule has 0 saturated carbocycles. The van der Waals surface area contributed by atoms with E-state index in [9.17, 15) is 9.59 Å². The van der Waals surface area contributed by atoms with E-state index in [0.29, 0.717) is 17.1 Å². The summed E-state index contributed by atoms with van der Waals surface area (Å²) < 4.78 is 10.0. The number of nitrogens with one attached hydrogen (secondary N) is 1. The predicted molar refractivity (Wildman–Crippen MR) is 86.1 cm³/mol. The van der Waals surface area contributed by atoms with Gasteiger partial charge in [0.15, 0.2) is 16.9 Å². The molecule has 2 rings (SSSR count). The second-order valence-corrected chi connectivity index (χ2v) is 5.85. The minimum Gasteiger partial charge on any atom is -0.463 e. The Hall–Kier alpha value is -2.22. The maximum Gasteiger partial charge on any atom is 0.347 e. The molecule has 2 atom stereocenters. The van der Waals surface area contributed by atoms with E-state index in [0.717, 1.165) is 5.01 Å². The first-order chi connectivity index (χ1) is 10.9. The fraction of sp³-hybridized carbons (Fsp3) is 0.467. The number of hydrogen-bond donors (Lipinski definition) is 1. The van der Waals surface area contributed by atoms with Gasteiger partial charge in [-0.05, 0) is 27.7 Å². The molecule has 2 heterocycles. The molecular formula is C15H19N3O4S. The fourth-order valence-corrected chi connectivity index (χ4v) is 2.74. The highest BCUT2D eigenvalue weighted by Crippen LogP contribution is 2.20. The van der Waals surface area contributed by atoms with E-state index in [1.807, 2.05) is 5.38 Å². The number of rotatable bonds is 5. The number of nitrogens with zero attached hydrogens (tertiary/aromatic N) is 2. The molecule has 0 bridgehead atoms. The standard InChI is InChI=1S/C15H19N3O4S/c1-5-21-14(19)10(4)22-15(20)11-8(2)17-12(18-9(11)3)13-16-6-7-23-13/h6-8,10H,5H2,1-4H3,(H,17,18)/t8-,10+/m0/s1. The van der Waals surface area contributed by atoms with Crippen molar-refractivity contribution < 1.29 is 19.1 Å². The molecule has 0 aliphatic carbocycles. The van der Waals surface area contributed by atoms with Crippen LogP contribution < -0.4 is 5.32 Å².